The number of rotatable bonds is 3. The summed E-state index contributed by atoms with van der Waals surface area (Å²) >= 11 is 2.71. The highest BCUT2D eigenvalue weighted by Gasteiger charge is 2.29. The zero-order valence-corrected chi connectivity index (χ0v) is 12.6. The van der Waals surface area contributed by atoms with E-state index in [9.17, 15) is 0 Å². The number of hydrogen-bond acceptors (Lipinski definition) is 6. The van der Waals surface area contributed by atoms with Crippen LogP contribution in [0, 0.1) is 10.7 Å². The van der Waals surface area contributed by atoms with Gasteiger partial charge in [0.2, 0.25) is 4.96 Å². The van der Waals surface area contributed by atoms with E-state index >= 15 is 0 Å². The van der Waals surface area contributed by atoms with Crippen molar-refractivity contribution in [3.8, 4) is 16.7 Å². The fourth-order valence-corrected chi connectivity index (χ4v) is 3.93. The van der Waals surface area contributed by atoms with Crippen molar-refractivity contribution in [3.63, 3.8) is 0 Å². The minimum absolute atomic E-state index is 0.590. The number of thiocyanates is 1. The summed E-state index contributed by atoms with van der Waals surface area (Å²) in [6.07, 6.45) is 2.42. The molecule has 1 aliphatic rings. The van der Waals surface area contributed by atoms with E-state index in [0.717, 1.165) is 38.0 Å². The highest BCUT2D eigenvalue weighted by molar-refractivity contribution is 8.03. The largest absolute Gasteiger partial charge is 0.399 e. The van der Waals surface area contributed by atoms with Crippen molar-refractivity contribution >= 4 is 33.7 Å². The van der Waals surface area contributed by atoms with Crippen LogP contribution in [0.1, 0.15) is 23.8 Å². The molecule has 4 rings (SSSR count). The first-order chi connectivity index (χ1) is 10.3. The molecule has 0 atom stereocenters. The third-order valence-corrected chi connectivity index (χ3v) is 5.13. The summed E-state index contributed by atoms with van der Waals surface area (Å²) in [7, 11) is 0. The lowest BCUT2D eigenvalue weighted by Crippen LogP contribution is -1.90. The molecule has 0 saturated heterocycles. The molecule has 0 radical (unpaired) electrons. The first-order valence-corrected chi connectivity index (χ1v) is 8.21. The number of nitrogens with zero attached hydrogens (tertiary/aromatic N) is 4. The van der Waals surface area contributed by atoms with Gasteiger partial charge in [-0.25, -0.2) is 4.98 Å². The molecule has 2 heterocycles. The summed E-state index contributed by atoms with van der Waals surface area (Å²) in [5.41, 5.74) is 8.21. The smallest absolute Gasteiger partial charge is 0.213 e. The monoisotopic (exact) mass is 313 g/mol. The normalized spacial score (nSPS) is 14.4. The van der Waals surface area contributed by atoms with E-state index in [-0.39, 0.29) is 0 Å². The summed E-state index contributed by atoms with van der Waals surface area (Å²) in [6, 6.07) is 7.55. The van der Waals surface area contributed by atoms with Crippen LogP contribution in [0.3, 0.4) is 0 Å². The third kappa shape index (κ3) is 2.17. The van der Waals surface area contributed by atoms with Crippen LogP contribution in [-0.2, 0) is 0 Å². The predicted molar refractivity (Wildman–Crippen MR) is 84.2 cm³/mol. The van der Waals surface area contributed by atoms with Crippen LogP contribution in [0.5, 0.6) is 0 Å². The molecule has 2 aromatic heterocycles. The molecule has 2 N–H and O–H groups in total. The van der Waals surface area contributed by atoms with Crippen molar-refractivity contribution in [2.75, 3.05) is 5.73 Å². The molecule has 21 heavy (non-hydrogen) atoms. The molecule has 1 aliphatic carbocycles. The summed E-state index contributed by atoms with van der Waals surface area (Å²) in [5.74, 6) is 0.590. The van der Waals surface area contributed by atoms with Gasteiger partial charge < -0.3 is 5.73 Å². The molecule has 0 unspecified atom stereocenters. The van der Waals surface area contributed by atoms with Crippen molar-refractivity contribution in [1.29, 1.82) is 5.26 Å². The molecule has 1 aromatic carbocycles. The van der Waals surface area contributed by atoms with Crippen molar-refractivity contribution < 1.29 is 0 Å². The van der Waals surface area contributed by atoms with Crippen LogP contribution in [-0.4, -0.2) is 14.6 Å². The summed E-state index contributed by atoms with van der Waals surface area (Å²) in [5, 5.41) is 17.7. The molecule has 104 valence electrons. The van der Waals surface area contributed by atoms with Gasteiger partial charge in [0.05, 0.1) is 0 Å². The number of anilines is 1. The summed E-state index contributed by atoms with van der Waals surface area (Å²) in [6.45, 7) is 0. The Morgan fingerprint density at radius 2 is 2.29 bits per heavy atom. The molecule has 0 amide bonds. The zero-order chi connectivity index (χ0) is 14.4. The molecular formula is C14H11N5S2. The second kappa shape index (κ2) is 4.76. The van der Waals surface area contributed by atoms with Crippen molar-refractivity contribution in [3.05, 3.63) is 29.3 Å². The molecular weight excluding hydrogens is 302 g/mol. The Morgan fingerprint density at radius 1 is 1.43 bits per heavy atom. The van der Waals surface area contributed by atoms with Crippen LogP contribution in [0.25, 0.3) is 16.2 Å². The first kappa shape index (κ1) is 12.7. The molecule has 3 aromatic rings. The number of aromatic nitrogens is 3. The molecule has 0 aliphatic heterocycles. The molecule has 1 fully saturated rings. The van der Waals surface area contributed by atoms with E-state index in [4.69, 9.17) is 11.0 Å². The second-order valence-electron chi connectivity index (χ2n) is 4.99. The lowest BCUT2D eigenvalue weighted by Gasteiger charge is -2.01. The number of benzene rings is 1. The highest BCUT2D eigenvalue weighted by atomic mass is 32.2. The van der Waals surface area contributed by atoms with E-state index < -0.39 is 0 Å². The SMILES string of the molecule is N#CSc1c(-c2cccc(N)c2)nc2sc(C3CC3)nn12. The number of fused-ring (bicyclic) bond motifs is 1. The number of hydrogen-bond donors (Lipinski definition) is 1. The predicted octanol–water partition coefficient (Wildman–Crippen LogP) is 3.49. The van der Waals surface area contributed by atoms with Gasteiger partial charge in [0.25, 0.3) is 0 Å². The van der Waals surface area contributed by atoms with E-state index in [2.05, 4.69) is 15.5 Å². The van der Waals surface area contributed by atoms with E-state index in [1.165, 1.54) is 12.8 Å². The van der Waals surface area contributed by atoms with Gasteiger partial charge in [0.15, 0.2) is 0 Å². The van der Waals surface area contributed by atoms with E-state index in [1.807, 2.05) is 24.3 Å². The van der Waals surface area contributed by atoms with Gasteiger partial charge in [-0.3, -0.25) is 0 Å². The second-order valence-corrected chi connectivity index (χ2v) is 6.75. The zero-order valence-electron chi connectivity index (χ0n) is 11.0. The Hall–Kier alpha value is -2.04. The number of imidazole rings is 1. The maximum absolute atomic E-state index is 9.07. The Kier molecular flexibility index (Phi) is 2.87. The fourth-order valence-electron chi connectivity index (χ4n) is 2.25. The topological polar surface area (TPSA) is 80.0 Å². The lowest BCUT2D eigenvalue weighted by atomic mass is 10.1. The van der Waals surface area contributed by atoms with Crippen molar-refractivity contribution in [2.24, 2.45) is 0 Å². The Morgan fingerprint density at radius 3 is 3.00 bits per heavy atom. The number of nitrogens with two attached hydrogens (primary N) is 1. The van der Waals surface area contributed by atoms with Crippen LogP contribution >= 0.6 is 23.1 Å². The average Bonchev–Trinajstić information content (AvgIpc) is 3.15. The fraction of sp³-hybridized carbons (Fsp3) is 0.214. The van der Waals surface area contributed by atoms with Gasteiger partial charge in [0.1, 0.15) is 21.1 Å². The van der Waals surface area contributed by atoms with Crippen LogP contribution in [0.4, 0.5) is 5.69 Å². The average molecular weight is 313 g/mol. The molecule has 0 bridgehead atoms. The van der Waals surface area contributed by atoms with Gasteiger partial charge in [0, 0.05) is 28.9 Å². The third-order valence-electron chi connectivity index (χ3n) is 3.41. The number of nitrogen functional groups attached to an aromatic ring is 1. The minimum Gasteiger partial charge on any atom is -0.399 e. The molecule has 0 spiro atoms. The quantitative estimate of drug-likeness (QED) is 0.455. The Balaban J connectivity index is 1.90. The molecule has 1 saturated carbocycles. The molecule has 7 heteroatoms. The number of nitriles is 1. The van der Waals surface area contributed by atoms with Gasteiger partial charge >= 0.3 is 0 Å². The summed E-state index contributed by atoms with van der Waals surface area (Å²) < 4.78 is 1.80. The van der Waals surface area contributed by atoms with Gasteiger partial charge in [-0.1, -0.05) is 23.5 Å². The van der Waals surface area contributed by atoms with Gasteiger partial charge in [-0.05, 0) is 25.0 Å². The highest BCUT2D eigenvalue weighted by Crippen LogP contribution is 2.43. The number of thioether (sulfide) groups is 1. The van der Waals surface area contributed by atoms with Gasteiger partial charge in [-0.2, -0.15) is 14.9 Å². The van der Waals surface area contributed by atoms with E-state index in [1.54, 1.807) is 15.9 Å². The van der Waals surface area contributed by atoms with Crippen LogP contribution in [0.2, 0.25) is 0 Å². The van der Waals surface area contributed by atoms with Crippen LogP contribution < -0.4 is 5.73 Å². The minimum atomic E-state index is 0.590. The van der Waals surface area contributed by atoms with Crippen molar-refractivity contribution in [1.82, 2.24) is 14.6 Å². The van der Waals surface area contributed by atoms with E-state index in [0.29, 0.717) is 11.6 Å². The summed E-state index contributed by atoms with van der Waals surface area (Å²) in [4.78, 5) is 5.50. The Labute approximate surface area is 129 Å². The van der Waals surface area contributed by atoms with Gasteiger partial charge in [-0.15, -0.1) is 0 Å². The maximum atomic E-state index is 9.07. The standard InChI is InChI=1S/C14H11N5S2/c15-7-20-13-11(9-2-1-3-10(16)6-9)17-14-19(13)18-12(21-14)8-4-5-8/h1-3,6,8H,4-5,16H2. The van der Waals surface area contributed by atoms with Crippen LogP contribution in [0.15, 0.2) is 29.3 Å². The lowest BCUT2D eigenvalue weighted by molar-refractivity contribution is 0.842. The Bertz CT molecular complexity index is 869. The molecule has 5 nitrogen and oxygen atoms in total. The van der Waals surface area contributed by atoms with Crippen molar-refractivity contribution in [2.45, 2.75) is 23.8 Å². The maximum Gasteiger partial charge on any atom is 0.213 e. The first-order valence-electron chi connectivity index (χ1n) is 6.57.